The van der Waals surface area contributed by atoms with Crippen LogP contribution in [0.1, 0.15) is 55.0 Å². The van der Waals surface area contributed by atoms with E-state index in [2.05, 4.69) is 41.8 Å². The van der Waals surface area contributed by atoms with Crippen LogP contribution in [0.3, 0.4) is 0 Å². The summed E-state index contributed by atoms with van der Waals surface area (Å²) in [4.78, 5) is 17.8. The Balaban J connectivity index is 2.30. The summed E-state index contributed by atoms with van der Waals surface area (Å²) in [5, 5.41) is 0. The van der Waals surface area contributed by atoms with E-state index in [-0.39, 0.29) is 0 Å². The van der Waals surface area contributed by atoms with Crippen molar-refractivity contribution in [3.63, 3.8) is 0 Å². The normalized spacial score (nSPS) is 15.6. The molecule has 0 N–H and O–H groups in total. The van der Waals surface area contributed by atoms with E-state index < -0.39 is 17.7 Å². The molecular formula is C24H32N2O3S. The van der Waals surface area contributed by atoms with Crippen LogP contribution in [-0.4, -0.2) is 40.8 Å². The predicted molar refractivity (Wildman–Crippen MR) is 122 cm³/mol. The Kier molecular flexibility index (Phi) is 6.90. The minimum atomic E-state index is -0.839. The van der Waals surface area contributed by atoms with E-state index in [4.69, 9.17) is 14.5 Å². The number of hydrogen-bond donors (Lipinski definition) is 0. The van der Waals surface area contributed by atoms with Gasteiger partial charge in [-0.1, -0.05) is 41.8 Å². The van der Waals surface area contributed by atoms with Gasteiger partial charge in [0, 0.05) is 36.5 Å². The van der Waals surface area contributed by atoms with Gasteiger partial charge >= 0.3 is 5.97 Å². The third-order valence-electron chi connectivity index (χ3n) is 5.29. The Morgan fingerprint density at radius 3 is 2.43 bits per heavy atom. The lowest BCUT2D eigenvalue weighted by atomic mass is 9.87. The van der Waals surface area contributed by atoms with E-state index >= 15 is 0 Å². The monoisotopic (exact) mass is 428 g/mol. The average Bonchev–Trinajstić information content (AvgIpc) is 2.70. The number of rotatable bonds is 5. The lowest BCUT2D eigenvalue weighted by Gasteiger charge is -2.33. The van der Waals surface area contributed by atoms with Gasteiger partial charge in [0.1, 0.15) is 0 Å². The molecule has 0 aliphatic carbocycles. The number of fused-ring (bicyclic) bond motifs is 1. The summed E-state index contributed by atoms with van der Waals surface area (Å²) in [5.41, 5.74) is 6.72. The van der Waals surface area contributed by atoms with Crippen LogP contribution >= 0.6 is 11.9 Å². The van der Waals surface area contributed by atoms with Crippen molar-refractivity contribution in [3.05, 3.63) is 52.3 Å². The number of aromatic nitrogens is 1. The Morgan fingerprint density at radius 2 is 1.87 bits per heavy atom. The molecule has 1 aliphatic rings. The van der Waals surface area contributed by atoms with Gasteiger partial charge in [-0.25, -0.2) is 9.10 Å². The minimum absolute atomic E-state index is 0.402. The first-order valence-electron chi connectivity index (χ1n) is 10.3. The summed E-state index contributed by atoms with van der Waals surface area (Å²) in [5.74, 6) is -0.402. The molecular weight excluding hydrogens is 396 g/mol. The standard InChI is InChI=1S/C24H32N2O3S/c1-15-8-10-17(11-9-15)21-18-14-26(30-7)13-12-19(18)25-16(2)20(21)22(23(27)28-6)29-24(3,4)5/h8-11,22H,12-14H2,1-7H3. The first-order valence-corrected chi connectivity index (χ1v) is 11.5. The Morgan fingerprint density at radius 1 is 1.20 bits per heavy atom. The second-order valence-electron chi connectivity index (χ2n) is 8.71. The molecule has 2 aromatic rings. The van der Waals surface area contributed by atoms with Crippen molar-refractivity contribution < 1.29 is 14.3 Å². The number of nitrogens with zero attached hydrogens (tertiary/aromatic N) is 2. The minimum Gasteiger partial charge on any atom is -0.467 e. The predicted octanol–water partition coefficient (Wildman–Crippen LogP) is 5.03. The van der Waals surface area contributed by atoms with Gasteiger partial charge in [-0.3, -0.25) is 4.98 Å². The van der Waals surface area contributed by atoms with Crippen LogP contribution in [0, 0.1) is 13.8 Å². The van der Waals surface area contributed by atoms with Crippen LogP contribution in [0.4, 0.5) is 0 Å². The van der Waals surface area contributed by atoms with E-state index in [0.717, 1.165) is 47.6 Å². The van der Waals surface area contributed by atoms with E-state index in [9.17, 15) is 4.79 Å². The number of methoxy groups -OCH3 is 1. The maximum Gasteiger partial charge on any atom is 0.339 e. The number of carbonyl (C=O) groups is 1. The second-order valence-corrected chi connectivity index (χ2v) is 9.59. The highest BCUT2D eigenvalue weighted by Gasteiger charge is 2.35. The highest BCUT2D eigenvalue weighted by Crippen LogP contribution is 2.40. The fourth-order valence-corrected chi connectivity index (χ4v) is 4.43. The van der Waals surface area contributed by atoms with Crippen molar-refractivity contribution in [1.82, 2.24) is 9.29 Å². The van der Waals surface area contributed by atoms with E-state index in [1.54, 1.807) is 11.9 Å². The molecule has 0 saturated carbocycles. The molecule has 6 heteroatoms. The summed E-state index contributed by atoms with van der Waals surface area (Å²) < 4.78 is 13.7. The maximum absolute atomic E-state index is 12.9. The molecule has 1 atom stereocenters. The summed E-state index contributed by atoms with van der Waals surface area (Å²) in [7, 11) is 1.41. The molecule has 0 bridgehead atoms. The van der Waals surface area contributed by atoms with Crippen LogP contribution in [0.5, 0.6) is 0 Å². The van der Waals surface area contributed by atoms with E-state index in [1.165, 1.54) is 18.2 Å². The smallest absolute Gasteiger partial charge is 0.339 e. The van der Waals surface area contributed by atoms with Crippen molar-refractivity contribution in [3.8, 4) is 11.1 Å². The van der Waals surface area contributed by atoms with Gasteiger partial charge < -0.3 is 9.47 Å². The van der Waals surface area contributed by atoms with Crippen LogP contribution in [-0.2, 0) is 27.2 Å². The van der Waals surface area contributed by atoms with Gasteiger partial charge in [0.15, 0.2) is 6.10 Å². The van der Waals surface area contributed by atoms with E-state index in [0.29, 0.717) is 0 Å². The molecule has 1 unspecified atom stereocenters. The lowest BCUT2D eigenvalue weighted by Crippen LogP contribution is -2.31. The van der Waals surface area contributed by atoms with Gasteiger partial charge in [0.25, 0.3) is 0 Å². The van der Waals surface area contributed by atoms with Crippen molar-refractivity contribution in [2.24, 2.45) is 0 Å². The van der Waals surface area contributed by atoms with Gasteiger partial charge in [-0.2, -0.15) is 0 Å². The molecule has 2 heterocycles. The molecule has 5 nitrogen and oxygen atoms in total. The fraction of sp³-hybridized carbons (Fsp3) is 0.500. The molecule has 0 fully saturated rings. The van der Waals surface area contributed by atoms with Gasteiger partial charge in [0.2, 0.25) is 0 Å². The number of aryl methyl sites for hydroxylation is 2. The van der Waals surface area contributed by atoms with Gasteiger partial charge in [-0.15, -0.1) is 0 Å². The number of hydrogen-bond acceptors (Lipinski definition) is 6. The molecule has 162 valence electrons. The SMILES string of the molecule is COC(=O)C(OC(C)(C)C)c1c(C)nc2c(c1-c1ccc(C)cc1)CN(SC)CC2. The first kappa shape index (κ1) is 22.8. The van der Waals surface area contributed by atoms with Gasteiger partial charge in [0.05, 0.1) is 12.7 Å². The first-order chi connectivity index (χ1) is 14.1. The van der Waals surface area contributed by atoms with Crippen LogP contribution in [0.15, 0.2) is 24.3 Å². The van der Waals surface area contributed by atoms with Crippen molar-refractivity contribution in [1.29, 1.82) is 0 Å². The quantitative estimate of drug-likeness (QED) is 0.492. The number of ether oxygens (including phenoxy) is 2. The molecule has 1 aromatic carbocycles. The van der Waals surface area contributed by atoms with Crippen LogP contribution < -0.4 is 0 Å². The Labute approximate surface area is 184 Å². The fourth-order valence-electron chi connectivity index (χ4n) is 3.89. The molecule has 1 aliphatic heterocycles. The highest BCUT2D eigenvalue weighted by molar-refractivity contribution is 7.96. The van der Waals surface area contributed by atoms with Crippen molar-refractivity contribution in [2.45, 2.75) is 59.3 Å². The average molecular weight is 429 g/mol. The number of carbonyl (C=O) groups excluding carboxylic acids is 1. The summed E-state index contributed by atoms with van der Waals surface area (Å²) in [6.07, 6.45) is 2.15. The van der Waals surface area contributed by atoms with Gasteiger partial charge in [-0.05, 0) is 57.6 Å². The molecule has 0 spiro atoms. The Hall–Kier alpha value is -1.89. The lowest BCUT2D eigenvalue weighted by molar-refractivity contribution is -0.164. The molecule has 3 rings (SSSR count). The van der Waals surface area contributed by atoms with Crippen molar-refractivity contribution in [2.75, 3.05) is 19.9 Å². The second kappa shape index (κ2) is 9.08. The highest BCUT2D eigenvalue weighted by atomic mass is 32.2. The van der Waals surface area contributed by atoms with Crippen LogP contribution in [0.2, 0.25) is 0 Å². The third kappa shape index (κ3) is 4.88. The largest absolute Gasteiger partial charge is 0.467 e. The molecule has 0 radical (unpaired) electrons. The summed E-state index contributed by atoms with van der Waals surface area (Å²) >= 11 is 1.74. The number of pyridine rings is 1. The molecule has 0 saturated heterocycles. The summed E-state index contributed by atoms with van der Waals surface area (Å²) in [6, 6.07) is 8.46. The third-order valence-corrected chi connectivity index (χ3v) is 6.12. The maximum atomic E-state index is 12.9. The van der Waals surface area contributed by atoms with Crippen molar-refractivity contribution >= 4 is 17.9 Å². The van der Waals surface area contributed by atoms with Crippen LogP contribution in [0.25, 0.3) is 11.1 Å². The number of benzene rings is 1. The molecule has 30 heavy (non-hydrogen) atoms. The topological polar surface area (TPSA) is 51.7 Å². The number of esters is 1. The zero-order valence-electron chi connectivity index (χ0n) is 19.0. The van der Waals surface area contributed by atoms with E-state index in [1.807, 2.05) is 27.7 Å². The Bertz CT molecular complexity index is 920. The molecule has 0 amide bonds. The zero-order valence-corrected chi connectivity index (χ0v) is 19.9. The summed E-state index contributed by atoms with van der Waals surface area (Å²) in [6.45, 7) is 11.6. The zero-order chi connectivity index (χ0) is 22.1. The molecule has 1 aromatic heterocycles.